The van der Waals surface area contributed by atoms with Gasteiger partial charge >= 0.3 is 0 Å². The van der Waals surface area contributed by atoms with E-state index in [-0.39, 0.29) is 0 Å². The van der Waals surface area contributed by atoms with Crippen LogP contribution in [0.15, 0.2) is 146 Å². The molecule has 0 fully saturated rings. The lowest BCUT2D eigenvalue weighted by Gasteiger charge is -2.16. The first kappa shape index (κ1) is 35.6. The van der Waals surface area contributed by atoms with Crippen molar-refractivity contribution in [2.24, 2.45) is 0 Å². The molecule has 1 heteroatoms. The van der Waals surface area contributed by atoms with Crippen LogP contribution in [0.3, 0.4) is 0 Å². The molecule has 0 unspecified atom stereocenters. The van der Waals surface area contributed by atoms with Gasteiger partial charge in [-0.2, -0.15) is 0 Å². The Morgan fingerprint density at radius 2 is 1.05 bits per heavy atom. The number of aromatic hydroxyl groups is 1. The number of allylic oxidation sites excluding steroid dienone is 3. The molecule has 0 saturated carbocycles. The van der Waals surface area contributed by atoms with Crippen molar-refractivity contribution in [2.75, 3.05) is 0 Å². The van der Waals surface area contributed by atoms with E-state index < -0.39 is 0 Å². The lowest BCUT2D eigenvalue weighted by molar-refractivity contribution is 0.475. The third kappa shape index (κ3) is 11.2. The fraction of sp³-hybridized carbons (Fsp3) is 0.209. The Morgan fingerprint density at radius 3 is 1.57 bits per heavy atom. The van der Waals surface area contributed by atoms with Gasteiger partial charge < -0.3 is 5.11 Å². The first-order valence-electron chi connectivity index (χ1n) is 16.0. The molecule has 0 bridgehead atoms. The van der Waals surface area contributed by atoms with Gasteiger partial charge in [0.1, 0.15) is 5.75 Å². The van der Waals surface area contributed by atoms with E-state index in [1.165, 1.54) is 44.5 Å². The van der Waals surface area contributed by atoms with Crippen LogP contribution in [0.4, 0.5) is 0 Å². The summed E-state index contributed by atoms with van der Waals surface area (Å²) in [6.07, 6.45) is 6.50. The summed E-state index contributed by atoms with van der Waals surface area (Å²) >= 11 is 0. The van der Waals surface area contributed by atoms with Crippen LogP contribution in [0, 0.1) is 13.8 Å². The highest BCUT2D eigenvalue weighted by atomic mass is 16.3. The lowest BCUT2D eigenvalue weighted by Crippen LogP contribution is -1.96. The molecule has 0 heterocycles. The molecular formula is C43H50O. The highest BCUT2D eigenvalue weighted by Gasteiger charge is 2.17. The number of fused-ring (bicyclic) bond motifs is 1. The number of phenols is 1. The molecule has 0 atom stereocenters. The van der Waals surface area contributed by atoms with Crippen LogP contribution in [0.2, 0.25) is 0 Å². The van der Waals surface area contributed by atoms with Gasteiger partial charge in [0.15, 0.2) is 0 Å². The van der Waals surface area contributed by atoms with Gasteiger partial charge in [-0.15, -0.1) is 0 Å². The van der Waals surface area contributed by atoms with Gasteiger partial charge in [0.05, 0.1) is 0 Å². The number of hydrogen-bond donors (Lipinski definition) is 1. The Balaban J connectivity index is 0.000000290. The summed E-state index contributed by atoms with van der Waals surface area (Å²) < 4.78 is 0. The van der Waals surface area contributed by atoms with Crippen LogP contribution in [0.5, 0.6) is 5.75 Å². The van der Waals surface area contributed by atoms with E-state index in [0.29, 0.717) is 5.75 Å². The molecule has 228 valence electrons. The number of hydrogen-bond acceptors (Lipinski definition) is 1. The van der Waals surface area contributed by atoms with Gasteiger partial charge in [-0.3, -0.25) is 0 Å². The minimum atomic E-state index is 0.291. The molecule has 0 spiro atoms. The second-order valence-electron chi connectivity index (χ2n) is 9.96. The van der Waals surface area contributed by atoms with E-state index >= 15 is 0 Å². The van der Waals surface area contributed by atoms with Crippen molar-refractivity contribution in [3.05, 3.63) is 185 Å². The van der Waals surface area contributed by atoms with E-state index in [9.17, 15) is 5.11 Å². The van der Waals surface area contributed by atoms with Gasteiger partial charge in [0.2, 0.25) is 0 Å². The minimum Gasteiger partial charge on any atom is -0.508 e. The molecule has 6 rings (SSSR count). The largest absolute Gasteiger partial charge is 0.508 e. The van der Waals surface area contributed by atoms with Crippen molar-refractivity contribution in [3.63, 3.8) is 0 Å². The average molecular weight is 583 g/mol. The zero-order chi connectivity index (χ0) is 32.2. The first-order valence-corrected chi connectivity index (χ1v) is 16.0. The smallest absolute Gasteiger partial charge is 0.115 e. The van der Waals surface area contributed by atoms with Crippen molar-refractivity contribution >= 4 is 11.1 Å². The SMILES string of the molecule is CC.CC.CCc1ccccc1.Cc1ccc(C2=C(c3ccc(O)cc3)C=CCc3ccccc32)cc1.Cc1ccccc1. The maximum absolute atomic E-state index is 9.65. The molecule has 0 amide bonds. The maximum atomic E-state index is 9.65. The third-order valence-electron chi connectivity index (χ3n) is 6.89. The molecule has 0 radical (unpaired) electrons. The van der Waals surface area contributed by atoms with Crippen molar-refractivity contribution < 1.29 is 5.11 Å². The molecular weight excluding hydrogens is 532 g/mol. The third-order valence-corrected chi connectivity index (χ3v) is 6.89. The summed E-state index contributed by atoms with van der Waals surface area (Å²) in [6, 6.07) is 45.5. The fourth-order valence-electron chi connectivity index (χ4n) is 4.64. The standard InChI is InChI=1S/C24H20O.C8H10.C7H8.2C2H6/c1-17-9-11-20(12-10-17)24-22-7-3-2-5-18(22)6-4-8-23(24)19-13-15-21(25)16-14-19;1-2-8-6-4-3-5-7-8;1-7-5-3-2-4-6-7;2*1-2/h2-5,7-16,25H,6H2,1H3;3-7H,2H2,1H3;2-6H,1H3;2*1-2H3. The summed E-state index contributed by atoms with van der Waals surface area (Å²) in [5, 5.41) is 9.65. The number of benzene rings is 5. The Hall–Kier alpha value is -4.62. The first-order chi connectivity index (χ1) is 21.5. The quantitative estimate of drug-likeness (QED) is 0.224. The summed E-state index contributed by atoms with van der Waals surface area (Å²) in [5.41, 5.74) is 11.4. The molecule has 0 aromatic heterocycles. The Kier molecular flexibility index (Phi) is 16.4. The summed E-state index contributed by atoms with van der Waals surface area (Å²) in [7, 11) is 0. The zero-order valence-corrected chi connectivity index (χ0v) is 27.7. The van der Waals surface area contributed by atoms with Crippen molar-refractivity contribution in [3.8, 4) is 5.75 Å². The maximum Gasteiger partial charge on any atom is 0.115 e. The average Bonchev–Trinajstić information content (AvgIpc) is 3.28. The van der Waals surface area contributed by atoms with Crippen LogP contribution in [0.1, 0.15) is 73.6 Å². The monoisotopic (exact) mass is 582 g/mol. The predicted octanol–water partition coefficient (Wildman–Crippen LogP) is 12.1. The van der Waals surface area contributed by atoms with Gasteiger partial charge in [-0.1, -0.05) is 179 Å². The van der Waals surface area contributed by atoms with Gasteiger partial charge in [-0.25, -0.2) is 0 Å². The summed E-state index contributed by atoms with van der Waals surface area (Å²) in [4.78, 5) is 0. The molecule has 0 saturated heterocycles. The second kappa shape index (κ2) is 20.3. The van der Waals surface area contributed by atoms with Crippen LogP contribution >= 0.6 is 0 Å². The fourth-order valence-corrected chi connectivity index (χ4v) is 4.64. The zero-order valence-electron chi connectivity index (χ0n) is 27.7. The Morgan fingerprint density at radius 1 is 0.545 bits per heavy atom. The van der Waals surface area contributed by atoms with E-state index in [2.05, 4.69) is 118 Å². The summed E-state index contributed by atoms with van der Waals surface area (Å²) in [6.45, 7) is 14.4. The normalized spacial score (nSPS) is 11.0. The topological polar surface area (TPSA) is 20.2 Å². The molecule has 0 aliphatic heterocycles. The number of phenolic OH excluding ortho intramolecular Hbond substituents is 1. The molecule has 44 heavy (non-hydrogen) atoms. The van der Waals surface area contributed by atoms with Crippen molar-refractivity contribution in [2.45, 2.75) is 61.3 Å². The predicted molar refractivity (Wildman–Crippen MR) is 194 cm³/mol. The molecule has 5 aromatic rings. The van der Waals surface area contributed by atoms with Crippen LogP contribution in [-0.2, 0) is 12.8 Å². The van der Waals surface area contributed by atoms with Gasteiger partial charge in [-0.05, 0) is 77.8 Å². The highest BCUT2D eigenvalue weighted by Crippen LogP contribution is 2.37. The van der Waals surface area contributed by atoms with E-state index in [1.54, 1.807) is 12.1 Å². The van der Waals surface area contributed by atoms with E-state index in [1.807, 2.05) is 64.1 Å². The molecule has 1 aliphatic carbocycles. The number of aryl methyl sites for hydroxylation is 3. The Labute approximate surface area is 267 Å². The summed E-state index contributed by atoms with van der Waals surface area (Å²) in [5.74, 6) is 0.291. The molecule has 1 aliphatic rings. The highest BCUT2D eigenvalue weighted by molar-refractivity contribution is 6.03. The van der Waals surface area contributed by atoms with E-state index in [0.717, 1.165) is 18.4 Å². The second-order valence-corrected chi connectivity index (χ2v) is 9.96. The lowest BCUT2D eigenvalue weighted by atomic mass is 9.88. The van der Waals surface area contributed by atoms with Gasteiger partial charge in [0.25, 0.3) is 0 Å². The van der Waals surface area contributed by atoms with Crippen LogP contribution < -0.4 is 0 Å². The van der Waals surface area contributed by atoms with Crippen LogP contribution in [-0.4, -0.2) is 5.11 Å². The van der Waals surface area contributed by atoms with Crippen LogP contribution in [0.25, 0.3) is 11.1 Å². The molecule has 1 N–H and O–H groups in total. The molecule has 5 aromatic carbocycles. The Bertz CT molecular complexity index is 1520. The van der Waals surface area contributed by atoms with Gasteiger partial charge in [0, 0.05) is 0 Å². The van der Waals surface area contributed by atoms with E-state index in [4.69, 9.17) is 0 Å². The van der Waals surface area contributed by atoms with Crippen molar-refractivity contribution in [1.82, 2.24) is 0 Å². The molecule has 1 nitrogen and oxygen atoms in total. The number of rotatable bonds is 3. The van der Waals surface area contributed by atoms with Crippen molar-refractivity contribution in [1.29, 1.82) is 0 Å². The minimum absolute atomic E-state index is 0.291.